The van der Waals surface area contributed by atoms with Gasteiger partial charge in [0.15, 0.2) is 5.96 Å². The Hall–Kier alpha value is -1.42. The predicted molar refractivity (Wildman–Crippen MR) is 93.2 cm³/mol. The second kappa shape index (κ2) is 11.3. The zero-order valence-corrected chi connectivity index (χ0v) is 14.5. The van der Waals surface area contributed by atoms with Crippen molar-refractivity contribution in [1.82, 2.24) is 10.6 Å². The number of aliphatic imine (C=N–C) groups is 1. The molecule has 7 nitrogen and oxygen atoms in total. The molecule has 0 saturated heterocycles. The average Bonchev–Trinajstić information content (AvgIpc) is 2.46. The van der Waals surface area contributed by atoms with Crippen molar-refractivity contribution >= 4 is 35.6 Å². The van der Waals surface area contributed by atoms with Crippen LogP contribution < -0.4 is 10.6 Å². The summed E-state index contributed by atoms with van der Waals surface area (Å²) in [5.74, 6) is 0.586. The number of benzene rings is 1. The van der Waals surface area contributed by atoms with E-state index in [1.807, 2.05) is 6.92 Å². The molecule has 2 N–H and O–H groups in total. The largest absolute Gasteiger partial charge is 0.380 e. The lowest BCUT2D eigenvalue weighted by molar-refractivity contribution is -0.385. The maximum Gasteiger partial charge on any atom is 0.274 e. The molecule has 0 atom stereocenters. The minimum Gasteiger partial charge on any atom is -0.380 e. The first-order valence-corrected chi connectivity index (χ1v) is 6.43. The summed E-state index contributed by atoms with van der Waals surface area (Å²) >= 11 is 0. The van der Waals surface area contributed by atoms with Gasteiger partial charge in [0.2, 0.25) is 0 Å². The van der Waals surface area contributed by atoms with Crippen molar-refractivity contribution in [2.24, 2.45) is 4.99 Å². The third-order valence-electron chi connectivity index (χ3n) is 2.60. The van der Waals surface area contributed by atoms with E-state index in [-0.39, 0.29) is 34.6 Å². The van der Waals surface area contributed by atoms with E-state index in [0.717, 1.165) is 0 Å². The van der Waals surface area contributed by atoms with Crippen molar-refractivity contribution in [3.05, 3.63) is 39.9 Å². The second-order valence-electron chi connectivity index (χ2n) is 3.94. The van der Waals surface area contributed by atoms with Crippen LogP contribution in [0.2, 0.25) is 0 Å². The molecule has 1 aromatic carbocycles. The predicted octanol–water partition coefficient (Wildman–Crippen LogP) is 1.91. The summed E-state index contributed by atoms with van der Waals surface area (Å²) in [6.45, 7) is 4.16. The molecule has 0 aromatic heterocycles. The Balaban J connectivity index is 0.00000400. The van der Waals surface area contributed by atoms with Crippen molar-refractivity contribution in [1.29, 1.82) is 0 Å². The van der Waals surface area contributed by atoms with Crippen molar-refractivity contribution in [2.45, 2.75) is 13.5 Å². The third kappa shape index (κ3) is 7.23. The van der Waals surface area contributed by atoms with E-state index in [9.17, 15) is 10.1 Å². The first-order valence-electron chi connectivity index (χ1n) is 6.43. The van der Waals surface area contributed by atoms with Crippen molar-refractivity contribution in [2.75, 3.05) is 26.8 Å². The smallest absolute Gasteiger partial charge is 0.274 e. The summed E-state index contributed by atoms with van der Waals surface area (Å²) in [4.78, 5) is 14.6. The molecule has 0 amide bonds. The third-order valence-corrected chi connectivity index (χ3v) is 2.60. The molecule has 0 spiro atoms. The number of para-hydroxylation sites is 1. The number of halogens is 1. The zero-order valence-electron chi connectivity index (χ0n) is 12.2. The fourth-order valence-electron chi connectivity index (χ4n) is 1.62. The Labute approximate surface area is 141 Å². The zero-order chi connectivity index (χ0) is 14.8. The Morgan fingerprint density at radius 2 is 2.10 bits per heavy atom. The number of rotatable bonds is 7. The van der Waals surface area contributed by atoms with Gasteiger partial charge in [-0.2, -0.15) is 0 Å². The van der Waals surface area contributed by atoms with Crippen LogP contribution in [-0.2, 0) is 11.3 Å². The second-order valence-corrected chi connectivity index (χ2v) is 3.94. The van der Waals surface area contributed by atoms with Gasteiger partial charge < -0.3 is 15.4 Å². The van der Waals surface area contributed by atoms with Gasteiger partial charge in [-0.25, -0.2) is 0 Å². The van der Waals surface area contributed by atoms with Gasteiger partial charge in [0.05, 0.1) is 11.5 Å². The van der Waals surface area contributed by atoms with Crippen LogP contribution in [-0.4, -0.2) is 37.7 Å². The summed E-state index contributed by atoms with van der Waals surface area (Å²) in [5, 5.41) is 17.0. The molecule has 0 saturated carbocycles. The Morgan fingerprint density at radius 1 is 1.38 bits per heavy atom. The molecule has 1 rings (SSSR count). The van der Waals surface area contributed by atoms with Gasteiger partial charge in [-0.05, 0) is 6.92 Å². The highest BCUT2D eigenvalue weighted by atomic mass is 127. The summed E-state index contributed by atoms with van der Waals surface area (Å²) in [7, 11) is 1.65. The molecular weight excluding hydrogens is 387 g/mol. The first kappa shape index (κ1) is 19.6. The lowest BCUT2D eigenvalue weighted by Crippen LogP contribution is -2.38. The number of guanidine groups is 1. The Kier molecular flexibility index (Phi) is 10.5. The fourth-order valence-corrected chi connectivity index (χ4v) is 1.62. The molecule has 0 aliphatic rings. The maximum absolute atomic E-state index is 10.9. The molecule has 118 valence electrons. The molecule has 0 bridgehead atoms. The standard InChI is InChI=1S/C13H20N4O3.HI/c1-3-20-9-8-15-13(14-2)16-10-11-6-4-5-7-12(11)17(18)19;/h4-7H,3,8-10H2,1-2H3,(H2,14,15,16);1H. The molecule has 0 aliphatic heterocycles. The van der Waals surface area contributed by atoms with Crippen molar-refractivity contribution in [3.63, 3.8) is 0 Å². The molecule has 0 heterocycles. The van der Waals surface area contributed by atoms with E-state index in [0.29, 0.717) is 37.8 Å². The normalized spacial score (nSPS) is 10.7. The van der Waals surface area contributed by atoms with E-state index in [1.54, 1.807) is 25.2 Å². The number of nitrogens with one attached hydrogen (secondary N) is 2. The highest BCUT2D eigenvalue weighted by molar-refractivity contribution is 14.0. The van der Waals surface area contributed by atoms with Crippen LogP contribution >= 0.6 is 24.0 Å². The number of nitro benzene ring substituents is 1. The monoisotopic (exact) mass is 408 g/mol. The van der Waals surface area contributed by atoms with Crippen LogP contribution in [0.1, 0.15) is 12.5 Å². The van der Waals surface area contributed by atoms with Gasteiger partial charge >= 0.3 is 0 Å². The van der Waals surface area contributed by atoms with Crippen LogP contribution in [0.15, 0.2) is 29.3 Å². The van der Waals surface area contributed by atoms with Gasteiger partial charge in [-0.1, -0.05) is 18.2 Å². The van der Waals surface area contributed by atoms with Crippen molar-refractivity contribution in [3.8, 4) is 0 Å². The fraction of sp³-hybridized carbons (Fsp3) is 0.462. The van der Waals surface area contributed by atoms with Gasteiger partial charge in [-0.3, -0.25) is 15.1 Å². The van der Waals surface area contributed by atoms with E-state index in [1.165, 1.54) is 6.07 Å². The molecule has 1 aromatic rings. The lowest BCUT2D eigenvalue weighted by Gasteiger charge is -2.11. The molecule has 0 unspecified atom stereocenters. The molecule has 0 radical (unpaired) electrons. The minimum absolute atomic E-state index is 0. The summed E-state index contributed by atoms with van der Waals surface area (Å²) < 4.78 is 5.21. The highest BCUT2D eigenvalue weighted by Gasteiger charge is 2.12. The van der Waals surface area contributed by atoms with Crippen LogP contribution in [0.5, 0.6) is 0 Å². The molecule has 8 heteroatoms. The minimum atomic E-state index is -0.387. The molecule has 0 aliphatic carbocycles. The number of hydrogen-bond acceptors (Lipinski definition) is 4. The topological polar surface area (TPSA) is 88.8 Å². The Morgan fingerprint density at radius 3 is 2.71 bits per heavy atom. The average molecular weight is 408 g/mol. The van der Waals surface area contributed by atoms with Gasteiger partial charge in [-0.15, -0.1) is 24.0 Å². The summed E-state index contributed by atoms with van der Waals surface area (Å²) in [5.41, 5.74) is 0.718. The summed E-state index contributed by atoms with van der Waals surface area (Å²) in [6, 6.07) is 6.63. The highest BCUT2D eigenvalue weighted by Crippen LogP contribution is 2.16. The Bertz CT molecular complexity index is 468. The first-order chi connectivity index (χ1) is 9.69. The van der Waals surface area contributed by atoms with E-state index in [2.05, 4.69) is 15.6 Å². The van der Waals surface area contributed by atoms with E-state index in [4.69, 9.17) is 4.74 Å². The lowest BCUT2D eigenvalue weighted by atomic mass is 10.2. The van der Waals surface area contributed by atoms with E-state index >= 15 is 0 Å². The molecule has 21 heavy (non-hydrogen) atoms. The molecule has 0 fully saturated rings. The number of ether oxygens (including phenoxy) is 1. The number of nitro groups is 1. The maximum atomic E-state index is 10.9. The van der Waals surface area contributed by atoms with Crippen LogP contribution in [0, 0.1) is 10.1 Å². The quantitative estimate of drug-likeness (QED) is 0.180. The SMILES string of the molecule is CCOCCNC(=NC)NCc1ccccc1[N+](=O)[O-].I. The number of nitrogens with zero attached hydrogens (tertiary/aromatic N) is 2. The van der Waals surface area contributed by atoms with Crippen LogP contribution in [0.4, 0.5) is 5.69 Å². The van der Waals surface area contributed by atoms with Crippen LogP contribution in [0.3, 0.4) is 0 Å². The molecular formula is C13H21IN4O3. The summed E-state index contributed by atoms with van der Waals surface area (Å²) in [6.07, 6.45) is 0. The van der Waals surface area contributed by atoms with Gasteiger partial charge in [0.1, 0.15) is 0 Å². The van der Waals surface area contributed by atoms with Gasteiger partial charge in [0.25, 0.3) is 5.69 Å². The number of hydrogen-bond donors (Lipinski definition) is 2. The van der Waals surface area contributed by atoms with Crippen molar-refractivity contribution < 1.29 is 9.66 Å². The van der Waals surface area contributed by atoms with Crippen LogP contribution in [0.25, 0.3) is 0 Å². The van der Waals surface area contributed by atoms with E-state index < -0.39 is 0 Å². The van der Waals surface area contributed by atoms with Gasteiger partial charge in [0, 0.05) is 38.4 Å².